The van der Waals surface area contributed by atoms with Gasteiger partial charge in [0.2, 0.25) is 11.9 Å². The van der Waals surface area contributed by atoms with Crippen LogP contribution < -0.4 is 5.73 Å². The highest BCUT2D eigenvalue weighted by molar-refractivity contribution is 5.82. The number of benzene rings is 2. The van der Waals surface area contributed by atoms with Gasteiger partial charge in [0.1, 0.15) is 5.75 Å². The molecule has 3 N–H and O–H groups in total. The summed E-state index contributed by atoms with van der Waals surface area (Å²) in [6, 6.07) is 17.4. The minimum atomic E-state index is -0.503. The van der Waals surface area contributed by atoms with Crippen LogP contribution in [0.25, 0.3) is 11.1 Å². The highest BCUT2D eigenvalue weighted by Gasteiger charge is 2.17. The second-order valence-electron chi connectivity index (χ2n) is 6.15. The van der Waals surface area contributed by atoms with Crippen LogP contribution in [0.5, 0.6) is 5.75 Å². The first-order valence-corrected chi connectivity index (χ1v) is 8.32. The van der Waals surface area contributed by atoms with Crippen molar-refractivity contribution in [1.29, 1.82) is 0 Å². The van der Waals surface area contributed by atoms with Crippen molar-refractivity contribution in [3.8, 4) is 16.9 Å². The molecule has 0 aliphatic carbocycles. The lowest BCUT2D eigenvalue weighted by atomic mass is 9.91. The van der Waals surface area contributed by atoms with Crippen LogP contribution in [0.15, 0.2) is 66.9 Å². The second-order valence-corrected chi connectivity index (χ2v) is 6.15. The van der Waals surface area contributed by atoms with E-state index < -0.39 is 11.9 Å². The van der Waals surface area contributed by atoms with Crippen LogP contribution in [0, 0.1) is 5.95 Å². The average Bonchev–Trinajstić information content (AvgIpc) is 2.64. The number of aromatic nitrogens is 1. The van der Waals surface area contributed by atoms with E-state index in [1.54, 1.807) is 30.3 Å². The van der Waals surface area contributed by atoms with Crippen LogP contribution in [-0.4, -0.2) is 16.0 Å². The van der Waals surface area contributed by atoms with Gasteiger partial charge < -0.3 is 10.8 Å². The number of hydrogen-bond acceptors (Lipinski definition) is 3. The molecule has 0 aliphatic heterocycles. The number of pyridine rings is 1. The van der Waals surface area contributed by atoms with Crippen molar-refractivity contribution in [1.82, 2.24) is 4.98 Å². The van der Waals surface area contributed by atoms with E-state index in [1.165, 1.54) is 12.3 Å². The van der Waals surface area contributed by atoms with E-state index in [4.69, 9.17) is 5.73 Å². The van der Waals surface area contributed by atoms with Crippen molar-refractivity contribution >= 4 is 5.91 Å². The number of amides is 1. The lowest BCUT2D eigenvalue weighted by molar-refractivity contribution is -0.119. The number of phenols is 1. The zero-order valence-corrected chi connectivity index (χ0v) is 14.1. The Kier molecular flexibility index (Phi) is 5.27. The van der Waals surface area contributed by atoms with Crippen molar-refractivity contribution in [2.75, 3.05) is 0 Å². The fraction of sp³-hybridized carbons (Fsp3) is 0.143. The molecule has 5 heteroatoms. The Bertz CT molecular complexity index is 875. The minimum absolute atomic E-state index is 0.155. The molecule has 0 radical (unpaired) electrons. The van der Waals surface area contributed by atoms with E-state index in [9.17, 15) is 14.3 Å². The Hall–Kier alpha value is -3.21. The van der Waals surface area contributed by atoms with Gasteiger partial charge in [0.15, 0.2) is 0 Å². The first-order chi connectivity index (χ1) is 12.5. The Morgan fingerprint density at radius 2 is 1.65 bits per heavy atom. The molecule has 26 heavy (non-hydrogen) atoms. The van der Waals surface area contributed by atoms with Crippen LogP contribution in [0.4, 0.5) is 4.39 Å². The predicted octanol–water partition coefficient (Wildman–Crippen LogP) is 3.80. The summed E-state index contributed by atoms with van der Waals surface area (Å²) in [4.78, 5) is 15.5. The predicted molar refractivity (Wildman–Crippen MR) is 98.0 cm³/mol. The molecule has 1 heterocycles. The van der Waals surface area contributed by atoms with E-state index in [0.717, 1.165) is 22.3 Å². The molecule has 3 rings (SSSR count). The average molecular weight is 350 g/mol. The van der Waals surface area contributed by atoms with Gasteiger partial charge in [0.25, 0.3) is 0 Å². The van der Waals surface area contributed by atoms with Crippen molar-refractivity contribution in [2.24, 2.45) is 5.73 Å². The lowest BCUT2D eigenvalue weighted by Gasteiger charge is -2.14. The SMILES string of the molecule is NC(=O)C(CCc1ccc(-c2ccc(F)nc2)cc1)c1ccc(O)cc1. The topological polar surface area (TPSA) is 76.2 Å². The molecule has 132 valence electrons. The van der Waals surface area contributed by atoms with E-state index in [-0.39, 0.29) is 11.7 Å². The summed E-state index contributed by atoms with van der Waals surface area (Å²) in [5, 5.41) is 9.38. The van der Waals surface area contributed by atoms with Gasteiger partial charge in [-0.05, 0) is 53.8 Å². The van der Waals surface area contributed by atoms with Crippen molar-refractivity contribution < 1.29 is 14.3 Å². The van der Waals surface area contributed by atoms with E-state index >= 15 is 0 Å². The number of primary amides is 1. The van der Waals surface area contributed by atoms with Gasteiger partial charge in [-0.1, -0.05) is 36.4 Å². The number of nitrogens with two attached hydrogens (primary N) is 1. The first-order valence-electron chi connectivity index (χ1n) is 8.32. The molecular weight excluding hydrogens is 331 g/mol. The zero-order chi connectivity index (χ0) is 18.5. The van der Waals surface area contributed by atoms with Crippen LogP contribution in [0.3, 0.4) is 0 Å². The van der Waals surface area contributed by atoms with Crippen LogP contribution in [-0.2, 0) is 11.2 Å². The maximum atomic E-state index is 12.9. The molecule has 0 spiro atoms. The van der Waals surface area contributed by atoms with Crippen LogP contribution in [0.1, 0.15) is 23.5 Å². The Morgan fingerprint density at radius 3 is 2.23 bits per heavy atom. The normalized spacial score (nSPS) is 11.9. The van der Waals surface area contributed by atoms with E-state index in [1.807, 2.05) is 24.3 Å². The van der Waals surface area contributed by atoms with E-state index in [0.29, 0.717) is 12.8 Å². The maximum Gasteiger partial charge on any atom is 0.224 e. The van der Waals surface area contributed by atoms with Gasteiger partial charge in [0.05, 0.1) is 5.92 Å². The standard InChI is InChI=1S/C21H19FN2O2/c22-20-12-8-17(13-24-20)15-4-1-14(2-5-15)3-11-19(21(23)26)16-6-9-18(25)10-7-16/h1-2,4-10,12-13,19,25H,3,11H2,(H2,23,26). The Morgan fingerprint density at radius 1 is 1.00 bits per heavy atom. The Labute approximate surface area is 151 Å². The van der Waals surface area contributed by atoms with Gasteiger partial charge in [-0.2, -0.15) is 4.39 Å². The smallest absolute Gasteiger partial charge is 0.224 e. The molecule has 2 aromatic carbocycles. The molecule has 0 saturated heterocycles. The summed E-state index contributed by atoms with van der Waals surface area (Å²) in [6.07, 6.45) is 2.77. The summed E-state index contributed by atoms with van der Waals surface area (Å²) in [7, 11) is 0. The summed E-state index contributed by atoms with van der Waals surface area (Å²) in [5.74, 6) is -1.14. The van der Waals surface area contributed by atoms with Crippen LogP contribution in [0.2, 0.25) is 0 Å². The first kappa shape index (κ1) is 17.6. The van der Waals surface area contributed by atoms with Crippen LogP contribution >= 0.6 is 0 Å². The number of hydrogen-bond donors (Lipinski definition) is 2. The number of rotatable bonds is 6. The zero-order valence-electron chi connectivity index (χ0n) is 14.1. The highest BCUT2D eigenvalue weighted by Crippen LogP contribution is 2.25. The second kappa shape index (κ2) is 7.78. The molecule has 1 atom stereocenters. The number of carbonyl (C=O) groups excluding carboxylic acids is 1. The van der Waals surface area contributed by atoms with Gasteiger partial charge in [-0.15, -0.1) is 0 Å². The molecule has 0 saturated carbocycles. The third-order valence-electron chi connectivity index (χ3n) is 4.38. The van der Waals surface area contributed by atoms with Gasteiger partial charge in [0, 0.05) is 11.8 Å². The third-order valence-corrected chi connectivity index (χ3v) is 4.38. The van der Waals surface area contributed by atoms with Gasteiger partial charge in [-0.3, -0.25) is 4.79 Å². The highest BCUT2D eigenvalue weighted by atomic mass is 19.1. The summed E-state index contributed by atoms with van der Waals surface area (Å²) >= 11 is 0. The Balaban J connectivity index is 1.69. The monoisotopic (exact) mass is 350 g/mol. The quantitative estimate of drug-likeness (QED) is 0.664. The molecule has 1 unspecified atom stereocenters. The number of aryl methyl sites for hydroxylation is 1. The number of aromatic hydroxyl groups is 1. The number of halogens is 1. The molecule has 1 aromatic heterocycles. The molecule has 0 bridgehead atoms. The summed E-state index contributed by atoms with van der Waals surface area (Å²) in [5.41, 5.74) is 9.21. The number of phenolic OH excluding ortho intramolecular Hbond substituents is 1. The molecule has 3 aromatic rings. The molecular formula is C21H19FN2O2. The van der Waals surface area contributed by atoms with Gasteiger partial charge >= 0.3 is 0 Å². The third kappa shape index (κ3) is 4.25. The molecule has 4 nitrogen and oxygen atoms in total. The van der Waals surface area contributed by atoms with Crippen molar-refractivity contribution in [3.05, 3.63) is 83.9 Å². The maximum absolute atomic E-state index is 12.9. The van der Waals surface area contributed by atoms with Gasteiger partial charge in [-0.25, -0.2) is 4.98 Å². The molecule has 0 aliphatic rings. The number of nitrogens with zero attached hydrogens (tertiary/aromatic N) is 1. The molecule has 0 fully saturated rings. The van der Waals surface area contributed by atoms with Crippen molar-refractivity contribution in [3.63, 3.8) is 0 Å². The fourth-order valence-corrected chi connectivity index (χ4v) is 2.90. The number of carbonyl (C=O) groups is 1. The largest absolute Gasteiger partial charge is 0.508 e. The van der Waals surface area contributed by atoms with Crippen molar-refractivity contribution in [2.45, 2.75) is 18.8 Å². The molecule has 1 amide bonds. The summed E-state index contributed by atoms with van der Waals surface area (Å²) < 4.78 is 12.9. The lowest BCUT2D eigenvalue weighted by Crippen LogP contribution is -2.22. The summed E-state index contributed by atoms with van der Waals surface area (Å²) in [6.45, 7) is 0. The minimum Gasteiger partial charge on any atom is -0.508 e. The van der Waals surface area contributed by atoms with E-state index in [2.05, 4.69) is 4.98 Å². The fourth-order valence-electron chi connectivity index (χ4n) is 2.90.